The Morgan fingerprint density at radius 3 is 2.20 bits per heavy atom. The number of hydrogen-bond acceptors (Lipinski definition) is 2. The van der Waals surface area contributed by atoms with Gasteiger partial charge in [0.05, 0.1) is 6.61 Å². The second-order valence-electron chi connectivity index (χ2n) is 1.22. The van der Waals surface area contributed by atoms with Gasteiger partial charge >= 0.3 is 11.4 Å². The maximum atomic E-state index is 11.6. The molecule has 0 heterocycles. The van der Waals surface area contributed by atoms with Crippen molar-refractivity contribution in [2.45, 2.75) is 12.3 Å². The Kier molecular flexibility index (Phi) is 7.00. The molecule has 0 saturated carbocycles. The Labute approximate surface area is 84.2 Å². The summed E-state index contributed by atoms with van der Waals surface area (Å²) in [4.78, 5) is 9.96. The molecule has 2 nitrogen and oxygen atoms in total. The molecule has 0 amide bonds. The number of alkyl halides is 3. The van der Waals surface area contributed by atoms with E-state index in [2.05, 4.69) is 16.3 Å². The van der Waals surface area contributed by atoms with E-state index in [-0.39, 0.29) is 36.2 Å². The molecule has 0 atom stereocenters. The van der Waals surface area contributed by atoms with E-state index >= 15 is 0 Å². The topological polar surface area (TPSA) is 26.3 Å². The van der Waals surface area contributed by atoms with Crippen LogP contribution in [0.15, 0.2) is 0 Å². The molecule has 0 spiro atoms. The summed E-state index contributed by atoms with van der Waals surface area (Å²) in [5.74, 6) is -1.70. The standard InChI is InChI=1S/C4H5ClF2O2.Na/c1-2-9-3(8)4(5,6)7;/h2H2,1H3;. The Morgan fingerprint density at radius 2 is 2.10 bits per heavy atom. The first-order valence-corrected chi connectivity index (χ1v) is 2.60. The van der Waals surface area contributed by atoms with Gasteiger partial charge in [0.15, 0.2) is 0 Å². The molecule has 0 aromatic rings. The monoisotopic (exact) mass is 181 g/mol. The van der Waals surface area contributed by atoms with Gasteiger partial charge < -0.3 is 4.74 Å². The average molecular weight is 182 g/mol. The summed E-state index contributed by atoms with van der Waals surface area (Å²) in [5, 5.41) is -3.88. The third kappa shape index (κ3) is 5.41. The first-order valence-electron chi connectivity index (χ1n) is 2.22. The van der Waals surface area contributed by atoms with Gasteiger partial charge in [-0.05, 0) is 18.5 Å². The third-order valence-electron chi connectivity index (χ3n) is 0.507. The number of hydrogen-bond donors (Lipinski definition) is 0. The summed E-state index contributed by atoms with van der Waals surface area (Å²) in [6.07, 6.45) is 0. The van der Waals surface area contributed by atoms with Crippen LogP contribution in [0.25, 0.3) is 0 Å². The van der Waals surface area contributed by atoms with E-state index in [0.717, 1.165) is 0 Å². The van der Waals surface area contributed by atoms with Gasteiger partial charge in [0.25, 0.3) is 0 Å². The van der Waals surface area contributed by atoms with Gasteiger partial charge in [0.1, 0.15) is 0 Å². The van der Waals surface area contributed by atoms with Crippen molar-refractivity contribution in [1.82, 2.24) is 0 Å². The predicted octanol–water partition coefficient (Wildman–Crippen LogP) is 1.00. The fourth-order valence-electron chi connectivity index (χ4n) is 0.213. The van der Waals surface area contributed by atoms with E-state index in [1.807, 2.05) is 0 Å². The van der Waals surface area contributed by atoms with Gasteiger partial charge in [-0.3, -0.25) is 0 Å². The molecule has 0 aliphatic heterocycles. The minimum atomic E-state index is -3.88. The van der Waals surface area contributed by atoms with Crippen LogP contribution in [-0.2, 0) is 9.53 Å². The Morgan fingerprint density at radius 1 is 1.70 bits per heavy atom. The number of halogens is 3. The van der Waals surface area contributed by atoms with E-state index in [9.17, 15) is 13.6 Å². The van der Waals surface area contributed by atoms with Crippen molar-refractivity contribution >= 4 is 47.1 Å². The maximum absolute atomic E-state index is 11.6. The second kappa shape index (κ2) is 5.29. The van der Waals surface area contributed by atoms with Crippen LogP contribution in [0.5, 0.6) is 0 Å². The molecule has 55 valence electrons. The van der Waals surface area contributed by atoms with E-state index in [0.29, 0.717) is 0 Å². The van der Waals surface area contributed by atoms with Crippen molar-refractivity contribution in [2.24, 2.45) is 0 Å². The molecule has 6 heteroatoms. The van der Waals surface area contributed by atoms with Crippen molar-refractivity contribution in [3.8, 4) is 0 Å². The molecule has 0 N–H and O–H groups in total. The number of ether oxygens (including phenoxy) is 1. The molecule has 0 rings (SSSR count). The number of rotatable bonds is 2. The van der Waals surface area contributed by atoms with Crippen LogP contribution in [-0.4, -0.2) is 47.5 Å². The van der Waals surface area contributed by atoms with Crippen LogP contribution in [0.4, 0.5) is 8.78 Å². The second-order valence-corrected chi connectivity index (χ2v) is 1.69. The summed E-state index contributed by atoms with van der Waals surface area (Å²) < 4.78 is 27.1. The first kappa shape index (κ1) is 13.2. The summed E-state index contributed by atoms with van der Waals surface area (Å²) in [6, 6.07) is 0. The van der Waals surface area contributed by atoms with Crippen LogP contribution in [0.3, 0.4) is 0 Å². The molecule has 0 unspecified atom stereocenters. The van der Waals surface area contributed by atoms with Crippen LogP contribution in [0.2, 0.25) is 0 Å². The summed E-state index contributed by atoms with van der Waals surface area (Å²) in [5.41, 5.74) is 0. The van der Waals surface area contributed by atoms with Crippen LogP contribution in [0, 0.1) is 0 Å². The molecule has 0 aromatic carbocycles. The molecule has 0 bridgehead atoms. The molecular formula is C4H5ClF2NaO2. The maximum Gasteiger partial charge on any atom is 0.417 e. The van der Waals surface area contributed by atoms with Gasteiger partial charge in [-0.2, -0.15) is 8.78 Å². The Balaban J connectivity index is 0. The van der Waals surface area contributed by atoms with Gasteiger partial charge in [-0.1, -0.05) is 0 Å². The predicted molar refractivity (Wildman–Crippen MR) is 33.2 cm³/mol. The fraction of sp³-hybridized carbons (Fsp3) is 0.750. The summed E-state index contributed by atoms with van der Waals surface area (Å²) in [6.45, 7) is 1.32. The van der Waals surface area contributed by atoms with Crippen molar-refractivity contribution in [3.63, 3.8) is 0 Å². The van der Waals surface area contributed by atoms with Crippen molar-refractivity contribution in [3.05, 3.63) is 0 Å². The Bertz CT molecular complexity index is 114. The minimum Gasteiger partial charge on any atom is -0.461 e. The molecule has 0 saturated heterocycles. The molecule has 0 fully saturated rings. The smallest absolute Gasteiger partial charge is 0.417 e. The normalized spacial score (nSPS) is 10.0. The molecule has 0 aliphatic carbocycles. The van der Waals surface area contributed by atoms with E-state index in [4.69, 9.17) is 0 Å². The number of carbonyl (C=O) groups excluding carboxylic acids is 1. The molecule has 0 aliphatic rings. The van der Waals surface area contributed by atoms with Gasteiger partial charge in [-0.25, -0.2) is 4.79 Å². The van der Waals surface area contributed by atoms with E-state index in [1.165, 1.54) is 6.92 Å². The zero-order valence-corrected chi connectivity index (χ0v) is 8.41. The van der Waals surface area contributed by atoms with Crippen LogP contribution < -0.4 is 0 Å². The summed E-state index contributed by atoms with van der Waals surface area (Å²) >= 11 is 4.25. The fourth-order valence-corrected chi connectivity index (χ4v) is 0.267. The van der Waals surface area contributed by atoms with Gasteiger partial charge in [0.2, 0.25) is 0 Å². The van der Waals surface area contributed by atoms with Crippen LogP contribution >= 0.6 is 11.6 Å². The molecule has 1 radical (unpaired) electrons. The average Bonchev–Trinajstić information content (AvgIpc) is 1.64. The largest absolute Gasteiger partial charge is 0.461 e. The van der Waals surface area contributed by atoms with Gasteiger partial charge in [0, 0.05) is 29.6 Å². The zero-order chi connectivity index (χ0) is 7.49. The Hall–Kier alpha value is 0.620. The zero-order valence-electron chi connectivity index (χ0n) is 5.66. The molecule has 0 aromatic heterocycles. The number of carbonyl (C=O) groups is 1. The molecule has 10 heavy (non-hydrogen) atoms. The van der Waals surface area contributed by atoms with Gasteiger partial charge in [-0.15, -0.1) is 0 Å². The van der Waals surface area contributed by atoms with Crippen molar-refractivity contribution in [2.75, 3.05) is 6.61 Å². The first-order chi connectivity index (χ1) is 3.98. The summed E-state index contributed by atoms with van der Waals surface area (Å²) in [7, 11) is 0. The van der Waals surface area contributed by atoms with E-state index in [1.54, 1.807) is 0 Å². The van der Waals surface area contributed by atoms with E-state index < -0.39 is 11.4 Å². The van der Waals surface area contributed by atoms with Crippen molar-refractivity contribution < 1.29 is 18.3 Å². The van der Waals surface area contributed by atoms with Crippen molar-refractivity contribution in [1.29, 1.82) is 0 Å². The molecular weight excluding hydrogens is 176 g/mol. The number of esters is 1. The van der Waals surface area contributed by atoms with Crippen LogP contribution in [0.1, 0.15) is 6.92 Å². The third-order valence-corrected chi connectivity index (χ3v) is 0.661. The SMILES string of the molecule is CCOC(=O)C(F)(F)Cl.[Na]. The quantitative estimate of drug-likeness (QED) is 0.361. The minimum absolute atomic E-state index is 0.